The number of hydrogen-bond donors (Lipinski definition) is 4. The molecule has 234 valence electrons. The maximum absolute atomic E-state index is 13.5. The van der Waals surface area contributed by atoms with Crippen molar-refractivity contribution in [2.75, 3.05) is 27.2 Å². The summed E-state index contributed by atoms with van der Waals surface area (Å²) in [5, 5.41) is 19.1. The van der Waals surface area contributed by atoms with E-state index >= 15 is 0 Å². The highest BCUT2D eigenvalue weighted by molar-refractivity contribution is 6.01. The first kappa shape index (κ1) is 32.8. The van der Waals surface area contributed by atoms with Gasteiger partial charge < -0.3 is 20.6 Å². The second-order valence-electron chi connectivity index (χ2n) is 11.9. The van der Waals surface area contributed by atoms with Crippen LogP contribution in [0.25, 0.3) is 0 Å². The highest BCUT2D eigenvalue weighted by atomic mass is 16.3. The number of aliphatic hydroxyl groups excluding tert-OH is 1. The molecule has 0 aliphatic carbocycles. The fraction of sp³-hybridized carbons (Fsp3) is 0.412. The maximum Gasteiger partial charge on any atom is 0.257 e. The van der Waals surface area contributed by atoms with Gasteiger partial charge in [-0.25, -0.2) is 5.01 Å². The predicted molar refractivity (Wildman–Crippen MR) is 170 cm³/mol. The molecule has 2 aromatic carbocycles. The molecule has 0 unspecified atom stereocenters. The van der Waals surface area contributed by atoms with Gasteiger partial charge in [0.2, 0.25) is 0 Å². The van der Waals surface area contributed by atoms with Crippen molar-refractivity contribution < 1.29 is 19.5 Å². The number of nitrogens with one attached hydrogen (secondary N) is 3. The Bertz CT molecular complexity index is 1410. The standard InChI is InChI=1S/C34H44N6O4/c1-23(2)28-16-25(19-35-21-28)20-36-22-31(41)29(17-24-10-6-5-7-11-24)37-32(42)26-12-8-13-27(18-26)34(44)40-15-9-14-30(40)33(43)38-39(3)4/h5-8,10-13,16,18-19,21,23,29-31,36,41H,9,14-15,17,20,22H2,1-4H3,(H,37,42)(H,38,43)/t29-,30+,31-/m0/s1. The summed E-state index contributed by atoms with van der Waals surface area (Å²) >= 11 is 0. The van der Waals surface area contributed by atoms with Crippen LogP contribution >= 0.6 is 0 Å². The van der Waals surface area contributed by atoms with Crippen molar-refractivity contribution in [3.8, 4) is 0 Å². The zero-order chi connectivity index (χ0) is 31.6. The number of aliphatic hydroxyl groups is 1. The lowest BCUT2D eigenvalue weighted by atomic mass is 10.00. The molecule has 10 heteroatoms. The molecular formula is C34H44N6O4. The van der Waals surface area contributed by atoms with Crippen molar-refractivity contribution in [3.63, 3.8) is 0 Å². The monoisotopic (exact) mass is 600 g/mol. The minimum Gasteiger partial charge on any atom is -0.390 e. The molecule has 1 aliphatic rings. The number of rotatable bonds is 13. The van der Waals surface area contributed by atoms with E-state index in [4.69, 9.17) is 0 Å². The number of pyridine rings is 1. The number of amides is 3. The van der Waals surface area contributed by atoms with Crippen LogP contribution in [-0.4, -0.2) is 83.1 Å². The SMILES string of the molecule is CC(C)c1cncc(CNC[C@H](O)[C@H](Cc2ccccc2)NC(=O)c2cccc(C(=O)N3CCC[C@@H]3C(=O)NN(C)C)c2)c1. The van der Waals surface area contributed by atoms with Gasteiger partial charge in [-0.3, -0.25) is 24.8 Å². The second-order valence-corrected chi connectivity index (χ2v) is 11.9. The minimum atomic E-state index is -0.884. The Morgan fingerprint density at radius 3 is 2.48 bits per heavy atom. The molecule has 0 bridgehead atoms. The number of carbonyl (C=O) groups excluding carboxylic acids is 3. The lowest BCUT2D eigenvalue weighted by Gasteiger charge is -2.26. The van der Waals surface area contributed by atoms with Crippen molar-refractivity contribution in [1.29, 1.82) is 0 Å². The molecule has 1 aliphatic heterocycles. The topological polar surface area (TPSA) is 127 Å². The van der Waals surface area contributed by atoms with Gasteiger partial charge >= 0.3 is 0 Å². The van der Waals surface area contributed by atoms with E-state index in [9.17, 15) is 19.5 Å². The lowest BCUT2D eigenvalue weighted by Crippen LogP contribution is -2.49. The fourth-order valence-electron chi connectivity index (χ4n) is 5.37. The summed E-state index contributed by atoms with van der Waals surface area (Å²) in [4.78, 5) is 45.5. The molecule has 2 heterocycles. The summed E-state index contributed by atoms with van der Waals surface area (Å²) in [6.45, 7) is 5.50. The Kier molecular flexibility index (Phi) is 11.6. The fourth-order valence-corrected chi connectivity index (χ4v) is 5.37. The maximum atomic E-state index is 13.5. The number of aromatic nitrogens is 1. The van der Waals surface area contributed by atoms with E-state index in [1.165, 1.54) is 0 Å². The van der Waals surface area contributed by atoms with Gasteiger partial charge in [-0.15, -0.1) is 0 Å². The van der Waals surface area contributed by atoms with Crippen LogP contribution < -0.4 is 16.1 Å². The van der Waals surface area contributed by atoms with Gasteiger partial charge in [-0.05, 0) is 60.1 Å². The average molecular weight is 601 g/mol. The molecule has 0 radical (unpaired) electrons. The number of carbonyl (C=O) groups is 3. The smallest absolute Gasteiger partial charge is 0.257 e. The number of hydrazine groups is 1. The molecule has 3 atom stereocenters. The Morgan fingerprint density at radius 2 is 1.75 bits per heavy atom. The van der Waals surface area contributed by atoms with E-state index in [0.717, 1.165) is 23.1 Å². The quantitative estimate of drug-likeness (QED) is 0.222. The number of likely N-dealkylation sites (tertiary alicyclic amines) is 1. The molecule has 0 saturated carbocycles. The summed E-state index contributed by atoms with van der Waals surface area (Å²) in [6, 6.07) is 17.2. The van der Waals surface area contributed by atoms with Gasteiger partial charge in [-0.2, -0.15) is 0 Å². The largest absolute Gasteiger partial charge is 0.390 e. The third-order valence-electron chi connectivity index (χ3n) is 7.77. The van der Waals surface area contributed by atoms with Crippen molar-refractivity contribution in [2.24, 2.45) is 0 Å². The zero-order valence-corrected chi connectivity index (χ0v) is 26.0. The Balaban J connectivity index is 1.44. The molecular weight excluding hydrogens is 556 g/mol. The van der Waals surface area contributed by atoms with E-state index in [1.54, 1.807) is 48.3 Å². The average Bonchev–Trinajstić information content (AvgIpc) is 3.51. The number of benzene rings is 2. The van der Waals surface area contributed by atoms with Crippen molar-refractivity contribution in [1.82, 2.24) is 31.0 Å². The van der Waals surface area contributed by atoms with Crippen LogP contribution in [0.4, 0.5) is 0 Å². The molecule has 4 N–H and O–H groups in total. The Hall–Kier alpha value is -4.12. The van der Waals surface area contributed by atoms with Gasteiger partial charge in [0.15, 0.2) is 0 Å². The van der Waals surface area contributed by atoms with Crippen LogP contribution in [0.15, 0.2) is 73.1 Å². The van der Waals surface area contributed by atoms with Crippen molar-refractivity contribution in [2.45, 2.75) is 63.8 Å². The van der Waals surface area contributed by atoms with Crippen LogP contribution in [0.5, 0.6) is 0 Å². The minimum absolute atomic E-state index is 0.231. The van der Waals surface area contributed by atoms with Crippen LogP contribution in [-0.2, 0) is 17.8 Å². The summed E-state index contributed by atoms with van der Waals surface area (Å²) in [6.07, 6.45) is 4.52. The highest BCUT2D eigenvalue weighted by Crippen LogP contribution is 2.21. The second kappa shape index (κ2) is 15.6. The van der Waals surface area contributed by atoms with Gasteiger partial charge in [0.1, 0.15) is 6.04 Å². The molecule has 0 spiro atoms. The first-order chi connectivity index (χ1) is 21.1. The molecule has 1 aromatic heterocycles. The normalized spacial score (nSPS) is 16.2. The predicted octanol–water partition coefficient (Wildman–Crippen LogP) is 2.89. The van der Waals surface area contributed by atoms with Crippen LogP contribution in [0.2, 0.25) is 0 Å². The van der Waals surface area contributed by atoms with E-state index in [0.29, 0.717) is 43.0 Å². The van der Waals surface area contributed by atoms with Crippen molar-refractivity contribution >= 4 is 17.7 Å². The van der Waals surface area contributed by atoms with Crippen LogP contribution in [0, 0.1) is 0 Å². The van der Waals surface area contributed by atoms with Gasteiger partial charge in [-0.1, -0.05) is 56.3 Å². The molecule has 1 fully saturated rings. The Labute approximate surface area is 259 Å². The molecule has 3 amide bonds. The molecule has 10 nitrogen and oxygen atoms in total. The summed E-state index contributed by atoms with van der Waals surface area (Å²) < 4.78 is 0. The number of nitrogens with zero attached hydrogens (tertiary/aromatic N) is 3. The van der Waals surface area contributed by atoms with Gasteiger partial charge in [0.25, 0.3) is 17.7 Å². The highest BCUT2D eigenvalue weighted by Gasteiger charge is 2.35. The third-order valence-corrected chi connectivity index (χ3v) is 7.77. The summed E-state index contributed by atoms with van der Waals surface area (Å²) in [5.41, 5.74) is 6.53. The first-order valence-corrected chi connectivity index (χ1v) is 15.2. The van der Waals surface area contributed by atoms with E-state index in [1.807, 2.05) is 42.7 Å². The zero-order valence-electron chi connectivity index (χ0n) is 26.0. The third kappa shape index (κ3) is 8.95. The van der Waals surface area contributed by atoms with Crippen LogP contribution in [0.3, 0.4) is 0 Å². The van der Waals surface area contributed by atoms with Gasteiger partial charge in [0.05, 0.1) is 12.1 Å². The molecule has 1 saturated heterocycles. The summed E-state index contributed by atoms with van der Waals surface area (Å²) in [5.74, 6) is -0.550. The molecule has 4 rings (SSSR count). The number of hydrogen-bond acceptors (Lipinski definition) is 7. The first-order valence-electron chi connectivity index (χ1n) is 15.2. The Morgan fingerprint density at radius 1 is 1.00 bits per heavy atom. The molecule has 44 heavy (non-hydrogen) atoms. The van der Waals surface area contributed by atoms with Gasteiger partial charge in [0, 0.05) is 57.3 Å². The van der Waals surface area contributed by atoms with E-state index < -0.39 is 24.1 Å². The van der Waals surface area contributed by atoms with E-state index in [-0.39, 0.29) is 18.4 Å². The van der Waals surface area contributed by atoms with E-state index in [2.05, 4.69) is 41.0 Å². The lowest BCUT2D eigenvalue weighted by molar-refractivity contribution is -0.128. The summed E-state index contributed by atoms with van der Waals surface area (Å²) in [7, 11) is 3.45. The molecule has 3 aromatic rings. The van der Waals surface area contributed by atoms with Crippen LogP contribution in [0.1, 0.15) is 70.0 Å². The van der Waals surface area contributed by atoms with Crippen molar-refractivity contribution in [3.05, 3.63) is 101 Å².